The lowest BCUT2D eigenvalue weighted by Gasteiger charge is -2.39. The maximum atomic E-state index is 13.0. The quantitative estimate of drug-likeness (QED) is 0.199. The highest BCUT2D eigenvalue weighted by atomic mass is 16.7. The lowest BCUT2D eigenvalue weighted by molar-refractivity contribution is -0.277. The highest BCUT2D eigenvalue weighted by Crippen LogP contribution is 2.44. The molecule has 2 aromatic carbocycles. The number of ether oxygens (including phenoxy) is 3. The normalized spacial score (nSPS) is 32.7. The first kappa shape index (κ1) is 28.3. The van der Waals surface area contributed by atoms with Crippen molar-refractivity contribution in [3.63, 3.8) is 0 Å². The van der Waals surface area contributed by atoms with Crippen LogP contribution in [0.1, 0.15) is 25.0 Å². The Labute approximate surface area is 226 Å². The van der Waals surface area contributed by atoms with Crippen molar-refractivity contribution in [1.29, 1.82) is 0 Å². The second kappa shape index (κ2) is 11.0. The molecule has 40 heavy (non-hydrogen) atoms. The summed E-state index contributed by atoms with van der Waals surface area (Å²) in [6.07, 6.45) is -11.4. The third kappa shape index (κ3) is 5.02. The van der Waals surface area contributed by atoms with Crippen molar-refractivity contribution < 1.29 is 59.5 Å². The zero-order chi connectivity index (χ0) is 28.9. The minimum absolute atomic E-state index is 0.0972. The molecule has 0 bridgehead atoms. The van der Waals surface area contributed by atoms with E-state index in [0.29, 0.717) is 5.56 Å². The molecule has 5 rings (SSSR count). The number of hydrogen-bond donors (Lipinski definition) is 8. The van der Waals surface area contributed by atoms with E-state index >= 15 is 0 Å². The molecule has 3 heterocycles. The van der Waals surface area contributed by atoms with E-state index in [1.807, 2.05) is 0 Å². The minimum Gasteiger partial charge on any atom is -0.507 e. The third-order valence-electron chi connectivity index (χ3n) is 7.28. The molecule has 1 aromatic heterocycles. The van der Waals surface area contributed by atoms with Crippen LogP contribution in [0.5, 0.6) is 17.2 Å². The number of fused-ring (bicyclic) bond motifs is 1. The van der Waals surface area contributed by atoms with Crippen molar-refractivity contribution >= 4 is 11.0 Å². The highest BCUT2D eigenvalue weighted by Gasteiger charge is 2.44. The molecular weight excluding hydrogens is 532 g/mol. The number of benzene rings is 2. The summed E-state index contributed by atoms with van der Waals surface area (Å²) in [6, 6.07) is 8.32. The van der Waals surface area contributed by atoms with Crippen molar-refractivity contribution in [3.8, 4) is 28.6 Å². The van der Waals surface area contributed by atoms with E-state index in [-0.39, 0.29) is 34.5 Å². The lowest BCUT2D eigenvalue weighted by atomic mass is 9.92. The van der Waals surface area contributed by atoms with Gasteiger partial charge < -0.3 is 59.5 Å². The van der Waals surface area contributed by atoms with E-state index in [4.69, 9.17) is 18.6 Å². The Morgan fingerprint density at radius 3 is 2.27 bits per heavy atom. The molecule has 13 heteroatoms. The molecule has 2 saturated heterocycles. The molecule has 0 radical (unpaired) electrons. The van der Waals surface area contributed by atoms with Crippen LogP contribution in [0.15, 0.2) is 45.6 Å². The van der Waals surface area contributed by atoms with Crippen molar-refractivity contribution in [2.24, 2.45) is 0 Å². The van der Waals surface area contributed by atoms with Crippen molar-refractivity contribution in [2.75, 3.05) is 6.61 Å². The summed E-state index contributed by atoms with van der Waals surface area (Å²) in [7, 11) is 0. The van der Waals surface area contributed by atoms with Gasteiger partial charge in [-0.3, -0.25) is 4.79 Å². The number of hydrogen-bond acceptors (Lipinski definition) is 13. The zero-order valence-corrected chi connectivity index (χ0v) is 21.2. The Bertz CT molecular complexity index is 1410. The first-order chi connectivity index (χ1) is 19.0. The van der Waals surface area contributed by atoms with Gasteiger partial charge in [-0.25, -0.2) is 0 Å². The van der Waals surface area contributed by atoms with Gasteiger partial charge in [-0.1, -0.05) is 0 Å². The molecule has 3 aromatic rings. The summed E-state index contributed by atoms with van der Waals surface area (Å²) in [5.74, 6) is -0.677. The summed E-state index contributed by atoms with van der Waals surface area (Å²) < 4.78 is 22.4. The van der Waals surface area contributed by atoms with E-state index in [1.54, 1.807) is 0 Å². The van der Waals surface area contributed by atoms with E-state index in [9.17, 15) is 45.6 Å². The predicted molar refractivity (Wildman–Crippen MR) is 136 cm³/mol. The highest BCUT2D eigenvalue weighted by molar-refractivity contribution is 5.88. The summed E-state index contributed by atoms with van der Waals surface area (Å²) in [6.45, 7) is 0.936. The summed E-state index contributed by atoms with van der Waals surface area (Å²) in [5.41, 5.74) is -0.391. The fraction of sp³-hybridized carbons (Fsp3) is 0.444. The fourth-order valence-electron chi connectivity index (χ4n) is 5.01. The monoisotopic (exact) mass is 562 g/mol. The van der Waals surface area contributed by atoms with Gasteiger partial charge in [-0.2, -0.15) is 0 Å². The Hall–Kier alpha value is -3.27. The molecule has 2 aliphatic rings. The van der Waals surface area contributed by atoms with Gasteiger partial charge in [0.1, 0.15) is 64.5 Å². The zero-order valence-electron chi connectivity index (χ0n) is 21.2. The second-order valence-electron chi connectivity index (χ2n) is 9.97. The SMILES string of the molecule is CC1OC(c2c(O)cc3oc(-c4ccc(OC5OC(CO)C(O)C(O)C5O)cc4)cc(=O)c3c2O)CC(O)C1O. The summed E-state index contributed by atoms with van der Waals surface area (Å²) in [4.78, 5) is 13.0. The van der Waals surface area contributed by atoms with Crippen molar-refractivity contribution in [3.05, 3.63) is 52.2 Å². The fourth-order valence-corrected chi connectivity index (χ4v) is 5.01. The topological polar surface area (TPSA) is 220 Å². The minimum atomic E-state index is -1.60. The molecular formula is C27H30O13. The maximum Gasteiger partial charge on any atom is 0.229 e. The molecule has 9 atom stereocenters. The molecule has 0 saturated carbocycles. The molecule has 2 aliphatic heterocycles. The molecule has 13 nitrogen and oxygen atoms in total. The molecule has 9 unspecified atom stereocenters. The van der Waals surface area contributed by atoms with Crippen LogP contribution in [-0.2, 0) is 9.47 Å². The van der Waals surface area contributed by atoms with Gasteiger partial charge in [-0.15, -0.1) is 0 Å². The van der Waals surface area contributed by atoms with E-state index in [1.165, 1.54) is 31.2 Å². The van der Waals surface area contributed by atoms with Gasteiger partial charge in [0.2, 0.25) is 6.29 Å². The van der Waals surface area contributed by atoms with Crippen LogP contribution in [0.2, 0.25) is 0 Å². The number of aliphatic hydroxyl groups excluding tert-OH is 6. The average molecular weight is 563 g/mol. The standard InChI is InChI=1S/C27H30O13/c1-10-22(32)15(31)8-17(37-10)20-14(30)7-18-21(24(20)34)13(29)6-16(39-18)11-2-4-12(5-3-11)38-27-26(36)25(35)23(33)19(9-28)40-27/h2-7,10,15,17,19,22-23,25-28,30-36H,8-9H2,1H3. The Morgan fingerprint density at radius 2 is 1.62 bits per heavy atom. The number of phenolic OH excluding ortho intramolecular Hbond substituents is 2. The van der Waals surface area contributed by atoms with Gasteiger partial charge in [-0.05, 0) is 31.2 Å². The number of phenols is 2. The van der Waals surface area contributed by atoms with Crippen LogP contribution in [0.3, 0.4) is 0 Å². The van der Waals surface area contributed by atoms with Gasteiger partial charge in [0.05, 0.1) is 30.5 Å². The summed E-state index contributed by atoms with van der Waals surface area (Å²) in [5, 5.41) is 80.8. The van der Waals surface area contributed by atoms with E-state index in [0.717, 1.165) is 12.1 Å². The third-order valence-corrected chi connectivity index (χ3v) is 7.28. The number of aliphatic hydroxyl groups is 6. The molecule has 8 N–H and O–H groups in total. The molecule has 0 aliphatic carbocycles. The largest absolute Gasteiger partial charge is 0.507 e. The number of aromatic hydroxyl groups is 2. The Kier molecular flexibility index (Phi) is 7.74. The molecule has 0 amide bonds. The average Bonchev–Trinajstić information content (AvgIpc) is 2.91. The lowest BCUT2D eigenvalue weighted by Crippen LogP contribution is -2.60. The molecule has 216 valence electrons. The van der Waals surface area contributed by atoms with Crippen molar-refractivity contribution in [1.82, 2.24) is 0 Å². The van der Waals surface area contributed by atoms with Crippen LogP contribution in [0.25, 0.3) is 22.3 Å². The molecule has 0 spiro atoms. The van der Waals surface area contributed by atoms with Crippen LogP contribution in [0.4, 0.5) is 0 Å². The van der Waals surface area contributed by atoms with Crippen LogP contribution >= 0.6 is 0 Å². The van der Waals surface area contributed by atoms with Crippen LogP contribution in [0, 0.1) is 0 Å². The first-order valence-corrected chi connectivity index (χ1v) is 12.6. The van der Waals surface area contributed by atoms with Gasteiger partial charge in [0, 0.05) is 24.1 Å². The Morgan fingerprint density at radius 1 is 0.925 bits per heavy atom. The van der Waals surface area contributed by atoms with Crippen LogP contribution in [-0.4, -0.2) is 96.5 Å². The van der Waals surface area contributed by atoms with Gasteiger partial charge in [0.25, 0.3) is 0 Å². The van der Waals surface area contributed by atoms with Gasteiger partial charge >= 0.3 is 0 Å². The first-order valence-electron chi connectivity index (χ1n) is 12.6. The maximum absolute atomic E-state index is 13.0. The van der Waals surface area contributed by atoms with Gasteiger partial charge in [0.15, 0.2) is 5.43 Å². The smallest absolute Gasteiger partial charge is 0.229 e. The number of rotatable bonds is 5. The second-order valence-corrected chi connectivity index (χ2v) is 9.97. The van der Waals surface area contributed by atoms with E-state index in [2.05, 4.69) is 0 Å². The molecule has 2 fully saturated rings. The Balaban J connectivity index is 1.41. The van der Waals surface area contributed by atoms with Crippen molar-refractivity contribution in [2.45, 2.75) is 68.5 Å². The van der Waals surface area contributed by atoms with Crippen LogP contribution < -0.4 is 10.2 Å². The predicted octanol–water partition coefficient (Wildman–Crippen LogP) is -0.378. The summed E-state index contributed by atoms with van der Waals surface area (Å²) >= 11 is 0. The van der Waals surface area contributed by atoms with E-state index < -0.39 is 78.7 Å².